The standard InChI is InChI=1S/C17H13N3O2S/c21-16-12(6-5-11-3-1-7-18-14(11)16)15(13-4-2-9-22-13)20-17-19-8-10-23-17/h1-10,15,21H,(H,19,20). The molecule has 0 amide bonds. The number of hydrogen-bond acceptors (Lipinski definition) is 6. The van der Waals surface area contributed by atoms with Crippen molar-refractivity contribution in [2.75, 3.05) is 5.32 Å². The maximum Gasteiger partial charge on any atom is 0.183 e. The molecule has 2 N–H and O–H groups in total. The van der Waals surface area contributed by atoms with Crippen molar-refractivity contribution in [3.63, 3.8) is 0 Å². The molecule has 1 aromatic carbocycles. The molecule has 4 aromatic rings. The van der Waals surface area contributed by atoms with Crippen LogP contribution in [-0.4, -0.2) is 15.1 Å². The van der Waals surface area contributed by atoms with Gasteiger partial charge in [0.05, 0.1) is 6.26 Å². The van der Waals surface area contributed by atoms with Gasteiger partial charge in [-0.2, -0.15) is 0 Å². The topological polar surface area (TPSA) is 71.2 Å². The Morgan fingerprint density at radius 2 is 2.04 bits per heavy atom. The number of aromatic hydroxyl groups is 1. The molecule has 0 aliphatic carbocycles. The van der Waals surface area contributed by atoms with Crippen molar-refractivity contribution in [3.05, 3.63) is 71.8 Å². The van der Waals surface area contributed by atoms with Crippen LogP contribution in [0.25, 0.3) is 10.9 Å². The quantitative estimate of drug-likeness (QED) is 0.589. The Balaban J connectivity index is 1.84. The minimum absolute atomic E-state index is 0.147. The van der Waals surface area contributed by atoms with Crippen molar-refractivity contribution in [2.24, 2.45) is 0 Å². The van der Waals surface area contributed by atoms with Gasteiger partial charge in [0.15, 0.2) is 5.13 Å². The smallest absolute Gasteiger partial charge is 0.183 e. The second-order valence-corrected chi connectivity index (χ2v) is 5.90. The van der Waals surface area contributed by atoms with E-state index in [0.29, 0.717) is 16.8 Å². The number of fused-ring (bicyclic) bond motifs is 1. The Bertz CT molecular complexity index is 920. The fourth-order valence-electron chi connectivity index (χ4n) is 2.55. The van der Waals surface area contributed by atoms with Gasteiger partial charge in [-0.05, 0) is 18.2 Å². The van der Waals surface area contributed by atoms with Gasteiger partial charge >= 0.3 is 0 Å². The molecule has 0 aliphatic rings. The number of anilines is 1. The second kappa shape index (κ2) is 5.73. The molecule has 0 aliphatic heterocycles. The maximum atomic E-state index is 10.7. The number of nitrogens with zero attached hydrogens (tertiary/aromatic N) is 2. The molecule has 5 nitrogen and oxygen atoms in total. The SMILES string of the molecule is Oc1c(C(Nc2nccs2)c2ccco2)ccc2cccnc12. The van der Waals surface area contributed by atoms with E-state index < -0.39 is 0 Å². The van der Waals surface area contributed by atoms with Gasteiger partial charge < -0.3 is 14.8 Å². The van der Waals surface area contributed by atoms with Gasteiger partial charge in [-0.25, -0.2) is 4.98 Å². The number of nitrogens with one attached hydrogen (secondary N) is 1. The van der Waals surface area contributed by atoms with Crippen molar-refractivity contribution in [2.45, 2.75) is 6.04 Å². The first-order valence-corrected chi connectivity index (χ1v) is 7.97. The molecule has 0 saturated carbocycles. The first-order chi connectivity index (χ1) is 11.3. The summed E-state index contributed by atoms with van der Waals surface area (Å²) in [4.78, 5) is 8.53. The van der Waals surface area contributed by atoms with Crippen molar-refractivity contribution in [1.82, 2.24) is 9.97 Å². The van der Waals surface area contributed by atoms with Crippen LogP contribution in [0.1, 0.15) is 17.4 Å². The van der Waals surface area contributed by atoms with E-state index in [1.54, 1.807) is 18.7 Å². The summed E-state index contributed by atoms with van der Waals surface area (Å²) in [5.74, 6) is 0.847. The van der Waals surface area contributed by atoms with E-state index in [9.17, 15) is 5.11 Å². The number of pyridine rings is 1. The Morgan fingerprint density at radius 3 is 2.83 bits per heavy atom. The number of thiazole rings is 1. The molecule has 23 heavy (non-hydrogen) atoms. The van der Waals surface area contributed by atoms with Crippen LogP contribution in [0.15, 0.2) is 64.9 Å². The van der Waals surface area contributed by atoms with E-state index in [-0.39, 0.29) is 11.8 Å². The molecule has 114 valence electrons. The maximum absolute atomic E-state index is 10.7. The van der Waals surface area contributed by atoms with E-state index in [0.717, 1.165) is 10.5 Å². The average molecular weight is 323 g/mol. The van der Waals surface area contributed by atoms with Crippen molar-refractivity contribution in [3.8, 4) is 5.75 Å². The van der Waals surface area contributed by atoms with Crippen LogP contribution in [0.2, 0.25) is 0 Å². The van der Waals surface area contributed by atoms with Crippen LogP contribution in [0, 0.1) is 0 Å². The summed E-state index contributed by atoms with van der Waals surface area (Å²) in [7, 11) is 0. The largest absolute Gasteiger partial charge is 0.505 e. The van der Waals surface area contributed by atoms with Crippen LogP contribution in [0.4, 0.5) is 5.13 Å². The fourth-order valence-corrected chi connectivity index (χ4v) is 3.11. The summed E-state index contributed by atoms with van der Waals surface area (Å²) in [6.45, 7) is 0. The molecule has 3 heterocycles. The highest BCUT2D eigenvalue weighted by molar-refractivity contribution is 7.13. The summed E-state index contributed by atoms with van der Waals surface area (Å²) in [5, 5.41) is 17.5. The predicted molar refractivity (Wildman–Crippen MR) is 89.7 cm³/mol. The molecule has 0 saturated heterocycles. The molecule has 1 unspecified atom stereocenters. The summed E-state index contributed by atoms with van der Waals surface area (Å²) >= 11 is 1.49. The normalized spacial score (nSPS) is 12.3. The second-order valence-electron chi connectivity index (χ2n) is 5.01. The third-order valence-corrected chi connectivity index (χ3v) is 4.32. The van der Waals surface area contributed by atoms with Crippen LogP contribution < -0.4 is 5.32 Å². The molecule has 4 rings (SSSR count). The third-order valence-electron chi connectivity index (χ3n) is 3.62. The molecule has 6 heteroatoms. The minimum Gasteiger partial charge on any atom is -0.505 e. The predicted octanol–water partition coefficient (Wildman–Crippen LogP) is 4.19. The van der Waals surface area contributed by atoms with E-state index in [2.05, 4.69) is 15.3 Å². The number of furan rings is 1. The lowest BCUT2D eigenvalue weighted by atomic mass is 10.0. The number of aromatic nitrogens is 2. The van der Waals surface area contributed by atoms with E-state index >= 15 is 0 Å². The van der Waals surface area contributed by atoms with Crippen molar-refractivity contribution in [1.29, 1.82) is 0 Å². The third kappa shape index (κ3) is 2.53. The van der Waals surface area contributed by atoms with Crippen LogP contribution in [0.5, 0.6) is 5.75 Å². The number of phenols is 1. The van der Waals surface area contributed by atoms with Gasteiger partial charge in [0.1, 0.15) is 23.1 Å². The Hall–Kier alpha value is -2.86. The fraction of sp³-hybridized carbons (Fsp3) is 0.0588. The monoisotopic (exact) mass is 323 g/mol. The highest BCUT2D eigenvalue weighted by Gasteiger charge is 2.22. The average Bonchev–Trinajstić information content (AvgIpc) is 3.27. The highest BCUT2D eigenvalue weighted by Crippen LogP contribution is 2.36. The van der Waals surface area contributed by atoms with Gasteiger partial charge in [-0.3, -0.25) is 4.98 Å². The van der Waals surface area contributed by atoms with Crippen molar-refractivity contribution < 1.29 is 9.52 Å². The number of benzene rings is 1. The molecule has 1 atom stereocenters. The zero-order valence-electron chi connectivity index (χ0n) is 12.0. The summed E-state index contributed by atoms with van der Waals surface area (Å²) in [5.41, 5.74) is 1.27. The molecule has 0 spiro atoms. The molecule has 0 bridgehead atoms. The van der Waals surface area contributed by atoms with Gasteiger partial charge in [-0.1, -0.05) is 18.2 Å². The molecular formula is C17H13N3O2S. The minimum atomic E-state index is -0.345. The number of rotatable bonds is 4. The molecule has 0 fully saturated rings. The molecular weight excluding hydrogens is 310 g/mol. The van der Waals surface area contributed by atoms with Gasteiger partial charge in [0.25, 0.3) is 0 Å². The van der Waals surface area contributed by atoms with Gasteiger partial charge in [-0.15, -0.1) is 11.3 Å². The zero-order valence-corrected chi connectivity index (χ0v) is 12.8. The molecule has 0 radical (unpaired) electrons. The van der Waals surface area contributed by atoms with Crippen LogP contribution in [-0.2, 0) is 0 Å². The highest BCUT2D eigenvalue weighted by atomic mass is 32.1. The van der Waals surface area contributed by atoms with Crippen LogP contribution in [0.3, 0.4) is 0 Å². The van der Waals surface area contributed by atoms with E-state index in [4.69, 9.17) is 4.42 Å². The number of hydrogen-bond donors (Lipinski definition) is 2. The lowest BCUT2D eigenvalue weighted by Crippen LogP contribution is -2.12. The Morgan fingerprint density at radius 1 is 1.09 bits per heavy atom. The number of phenolic OH excluding ortho intramolecular Hbond substituents is 1. The first kappa shape index (κ1) is 13.8. The summed E-state index contributed by atoms with van der Waals surface area (Å²) < 4.78 is 5.55. The van der Waals surface area contributed by atoms with Crippen molar-refractivity contribution >= 4 is 27.4 Å². The Kier molecular flexibility index (Phi) is 3.44. The lowest BCUT2D eigenvalue weighted by Gasteiger charge is -2.18. The molecule has 3 aromatic heterocycles. The summed E-state index contributed by atoms with van der Waals surface area (Å²) in [6.07, 6.45) is 5.01. The zero-order chi connectivity index (χ0) is 15.6. The Labute approximate surface area is 136 Å². The van der Waals surface area contributed by atoms with Gasteiger partial charge in [0, 0.05) is 28.7 Å². The van der Waals surface area contributed by atoms with E-state index in [1.807, 2.05) is 41.8 Å². The first-order valence-electron chi connectivity index (χ1n) is 7.09. The van der Waals surface area contributed by atoms with Crippen LogP contribution >= 0.6 is 11.3 Å². The van der Waals surface area contributed by atoms with Gasteiger partial charge in [0.2, 0.25) is 0 Å². The summed E-state index contributed by atoms with van der Waals surface area (Å²) in [6, 6.07) is 10.9. The van der Waals surface area contributed by atoms with E-state index in [1.165, 1.54) is 11.3 Å². The lowest BCUT2D eigenvalue weighted by molar-refractivity contribution is 0.458.